The van der Waals surface area contributed by atoms with E-state index in [-0.39, 0.29) is 24.2 Å². The highest BCUT2D eigenvalue weighted by Crippen LogP contribution is 2.21. The van der Waals surface area contributed by atoms with Gasteiger partial charge in [0.1, 0.15) is 0 Å². The molecule has 0 fully saturated rings. The van der Waals surface area contributed by atoms with E-state index >= 15 is 0 Å². The van der Waals surface area contributed by atoms with Gasteiger partial charge in [-0.25, -0.2) is 9.97 Å². The Morgan fingerprint density at radius 3 is 2.95 bits per heavy atom. The normalized spacial score (nSPS) is 12.1. The number of nitrogens with zero attached hydrogens (tertiary/aromatic N) is 3. The number of hydrogen-bond acceptors (Lipinski definition) is 7. The molecule has 2 aromatic heterocycles. The van der Waals surface area contributed by atoms with E-state index in [0.29, 0.717) is 6.42 Å². The lowest BCUT2D eigenvalue weighted by Gasteiger charge is -2.15. The molecule has 2 rings (SSSR count). The molecule has 0 aliphatic carbocycles. The fraction of sp³-hybridized carbons (Fsp3) is 0.273. The maximum absolute atomic E-state index is 10.9. The summed E-state index contributed by atoms with van der Waals surface area (Å²) in [7, 11) is 0. The van der Waals surface area contributed by atoms with E-state index in [1.54, 1.807) is 6.20 Å². The van der Waals surface area contributed by atoms with Gasteiger partial charge in [0, 0.05) is 30.3 Å². The number of thiazole rings is 1. The predicted octanol–water partition coefficient (Wildman–Crippen LogP) is 1.46. The van der Waals surface area contributed by atoms with Crippen molar-refractivity contribution < 1.29 is 10.0 Å². The second-order valence-electron chi connectivity index (χ2n) is 3.78. The van der Waals surface area contributed by atoms with Crippen molar-refractivity contribution in [2.24, 2.45) is 0 Å². The number of aliphatic hydroxyl groups excluding tert-OH is 1. The standard InChI is InChI=1S/C11H12N4O3S/c16-7-8(6-10-12-4-5-19-10)14-11-9(15(17)18)2-1-3-13-11/h1-5,8,16H,6-7H2,(H,13,14). The first-order valence-electron chi connectivity index (χ1n) is 5.56. The van der Waals surface area contributed by atoms with Gasteiger partial charge in [-0.2, -0.15) is 0 Å². The molecule has 8 heteroatoms. The van der Waals surface area contributed by atoms with Gasteiger partial charge in [-0.05, 0) is 6.07 Å². The molecule has 0 aliphatic rings. The lowest BCUT2D eigenvalue weighted by Crippen LogP contribution is -2.27. The van der Waals surface area contributed by atoms with Gasteiger partial charge >= 0.3 is 5.69 Å². The van der Waals surface area contributed by atoms with Gasteiger partial charge in [0.15, 0.2) is 0 Å². The summed E-state index contributed by atoms with van der Waals surface area (Å²) >= 11 is 1.47. The van der Waals surface area contributed by atoms with E-state index in [9.17, 15) is 15.2 Å². The number of hydrogen-bond donors (Lipinski definition) is 2. The van der Waals surface area contributed by atoms with Crippen molar-refractivity contribution in [2.75, 3.05) is 11.9 Å². The molecule has 2 heterocycles. The van der Waals surface area contributed by atoms with Crippen molar-refractivity contribution in [1.29, 1.82) is 0 Å². The maximum atomic E-state index is 10.9. The van der Waals surface area contributed by atoms with Crippen molar-refractivity contribution in [3.63, 3.8) is 0 Å². The average molecular weight is 280 g/mol. The van der Waals surface area contributed by atoms with E-state index in [2.05, 4.69) is 15.3 Å². The molecule has 0 saturated carbocycles. The summed E-state index contributed by atoms with van der Waals surface area (Å²) in [5.74, 6) is 0.156. The molecule has 0 aromatic carbocycles. The van der Waals surface area contributed by atoms with Gasteiger partial charge in [0.2, 0.25) is 5.82 Å². The van der Waals surface area contributed by atoms with Gasteiger partial charge in [-0.15, -0.1) is 11.3 Å². The summed E-state index contributed by atoms with van der Waals surface area (Å²) in [5.41, 5.74) is -0.111. The van der Waals surface area contributed by atoms with Crippen LogP contribution in [0.3, 0.4) is 0 Å². The first kappa shape index (κ1) is 13.4. The van der Waals surface area contributed by atoms with Gasteiger partial charge in [-0.3, -0.25) is 10.1 Å². The molecule has 1 atom stereocenters. The topological polar surface area (TPSA) is 101 Å². The fourth-order valence-electron chi connectivity index (χ4n) is 1.57. The van der Waals surface area contributed by atoms with Crippen LogP contribution in [0, 0.1) is 10.1 Å². The number of nitro groups is 1. The quantitative estimate of drug-likeness (QED) is 0.613. The van der Waals surface area contributed by atoms with E-state index in [1.165, 1.54) is 29.7 Å². The number of aliphatic hydroxyl groups is 1. The summed E-state index contributed by atoms with van der Waals surface area (Å²) in [5, 5.41) is 25.8. The molecule has 100 valence electrons. The minimum atomic E-state index is -0.507. The Bertz CT molecular complexity index is 547. The minimum Gasteiger partial charge on any atom is -0.394 e. The van der Waals surface area contributed by atoms with Crippen molar-refractivity contribution in [2.45, 2.75) is 12.5 Å². The molecule has 19 heavy (non-hydrogen) atoms. The van der Waals surface area contributed by atoms with Gasteiger partial charge < -0.3 is 10.4 Å². The zero-order chi connectivity index (χ0) is 13.7. The molecular weight excluding hydrogens is 268 g/mol. The van der Waals surface area contributed by atoms with Crippen LogP contribution in [-0.4, -0.2) is 32.6 Å². The summed E-state index contributed by atoms with van der Waals surface area (Å²) in [6, 6.07) is 2.50. The Morgan fingerprint density at radius 2 is 2.32 bits per heavy atom. The van der Waals surface area contributed by atoms with Crippen LogP contribution in [0.1, 0.15) is 5.01 Å². The van der Waals surface area contributed by atoms with E-state index < -0.39 is 4.92 Å². The molecule has 0 bridgehead atoms. The number of aromatic nitrogens is 2. The van der Waals surface area contributed by atoms with Crippen molar-refractivity contribution in [3.05, 3.63) is 45.0 Å². The molecule has 0 radical (unpaired) electrons. The Labute approximate surface area is 113 Å². The third-order valence-electron chi connectivity index (χ3n) is 2.45. The molecular formula is C11H12N4O3S. The summed E-state index contributed by atoms with van der Waals surface area (Å²) < 4.78 is 0. The van der Waals surface area contributed by atoms with Crippen LogP contribution < -0.4 is 5.32 Å². The Morgan fingerprint density at radius 1 is 1.47 bits per heavy atom. The first-order chi connectivity index (χ1) is 9.20. The van der Waals surface area contributed by atoms with Crippen LogP contribution in [0.4, 0.5) is 11.5 Å². The van der Waals surface area contributed by atoms with Crippen LogP contribution in [0.15, 0.2) is 29.9 Å². The Hall–Kier alpha value is -2.06. The lowest BCUT2D eigenvalue weighted by atomic mass is 10.2. The summed E-state index contributed by atoms with van der Waals surface area (Å²) in [6.45, 7) is -0.159. The zero-order valence-corrected chi connectivity index (χ0v) is 10.7. The SMILES string of the molecule is O=[N+]([O-])c1cccnc1NC(CO)Cc1nccs1. The molecule has 0 saturated heterocycles. The van der Waals surface area contributed by atoms with Crippen LogP contribution in [-0.2, 0) is 6.42 Å². The van der Waals surface area contributed by atoms with E-state index in [4.69, 9.17) is 0 Å². The number of nitrogens with one attached hydrogen (secondary N) is 1. The third kappa shape index (κ3) is 3.46. The monoisotopic (exact) mass is 280 g/mol. The smallest absolute Gasteiger partial charge is 0.311 e. The molecule has 2 N–H and O–H groups in total. The summed E-state index contributed by atoms with van der Waals surface area (Å²) in [6.07, 6.45) is 3.63. The van der Waals surface area contributed by atoms with Crippen molar-refractivity contribution in [3.8, 4) is 0 Å². The van der Waals surface area contributed by atoms with Crippen molar-refractivity contribution >= 4 is 22.8 Å². The largest absolute Gasteiger partial charge is 0.394 e. The van der Waals surface area contributed by atoms with Crippen LogP contribution in [0.25, 0.3) is 0 Å². The fourth-order valence-corrected chi connectivity index (χ4v) is 2.27. The maximum Gasteiger partial charge on any atom is 0.311 e. The number of rotatable bonds is 6. The number of pyridine rings is 1. The first-order valence-corrected chi connectivity index (χ1v) is 6.44. The highest BCUT2D eigenvalue weighted by molar-refractivity contribution is 7.09. The second kappa shape index (κ2) is 6.21. The zero-order valence-electron chi connectivity index (χ0n) is 9.89. The lowest BCUT2D eigenvalue weighted by molar-refractivity contribution is -0.384. The Kier molecular flexibility index (Phi) is 4.37. The van der Waals surface area contributed by atoms with E-state index in [0.717, 1.165) is 5.01 Å². The molecule has 2 aromatic rings. The highest BCUT2D eigenvalue weighted by atomic mass is 32.1. The summed E-state index contributed by atoms with van der Waals surface area (Å²) in [4.78, 5) is 18.4. The van der Waals surface area contributed by atoms with Crippen LogP contribution in [0.5, 0.6) is 0 Å². The van der Waals surface area contributed by atoms with E-state index in [1.807, 2.05) is 5.38 Å². The predicted molar refractivity (Wildman–Crippen MR) is 71.2 cm³/mol. The number of anilines is 1. The minimum absolute atomic E-state index is 0.111. The van der Waals surface area contributed by atoms with Crippen LogP contribution >= 0.6 is 11.3 Å². The van der Waals surface area contributed by atoms with Crippen molar-refractivity contribution in [1.82, 2.24) is 9.97 Å². The molecule has 0 aliphatic heterocycles. The molecule has 0 amide bonds. The van der Waals surface area contributed by atoms with Gasteiger partial charge in [0.25, 0.3) is 0 Å². The van der Waals surface area contributed by atoms with Gasteiger partial charge in [-0.1, -0.05) is 0 Å². The highest BCUT2D eigenvalue weighted by Gasteiger charge is 2.18. The molecule has 0 spiro atoms. The van der Waals surface area contributed by atoms with Crippen LogP contribution in [0.2, 0.25) is 0 Å². The third-order valence-corrected chi connectivity index (χ3v) is 3.25. The Balaban J connectivity index is 2.12. The van der Waals surface area contributed by atoms with Gasteiger partial charge in [0.05, 0.1) is 22.6 Å². The molecule has 7 nitrogen and oxygen atoms in total. The average Bonchev–Trinajstić information content (AvgIpc) is 2.91. The molecule has 1 unspecified atom stereocenters. The second-order valence-corrected chi connectivity index (χ2v) is 4.76.